The summed E-state index contributed by atoms with van der Waals surface area (Å²) in [7, 11) is -3.91. The minimum absolute atomic E-state index is 0.0143. The van der Waals surface area contributed by atoms with E-state index >= 15 is 0 Å². The fourth-order valence-electron chi connectivity index (χ4n) is 5.78. The van der Waals surface area contributed by atoms with Crippen LogP contribution in [0.15, 0.2) is 107 Å². The quantitative estimate of drug-likeness (QED) is 0.178. The van der Waals surface area contributed by atoms with E-state index in [0.717, 1.165) is 34.6 Å². The molecule has 1 aliphatic heterocycles. The molecular weight excluding hydrogens is 597 g/mol. The van der Waals surface area contributed by atoms with Gasteiger partial charge in [-0.05, 0) is 79.1 Å². The lowest BCUT2D eigenvalue weighted by atomic mass is 9.81. The number of aromatic nitrogens is 1. The number of rotatable bonds is 11. The molecule has 0 bridgehead atoms. The van der Waals surface area contributed by atoms with Crippen LogP contribution in [0.2, 0.25) is 0 Å². The number of hydrogen-bond donors (Lipinski definition) is 2. The molecule has 1 saturated carbocycles. The predicted octanol–water partition coefficient (Wildman–Crippen LogP) is 6.68. The Balaban J connectivity index is 1.25. The largest absolute Gasteiger partial charge is 0.504 e. The molecule has 0 saturated heterocycles. The average Bonchev–Trinajstić information content (AvgIpc) is 3.73. The van der Waals surface area contributed by atoms with Gasteiger partial charge in [-0.25, -0.2) is 13.2 Å². The minimum Gasteiger partial charge on any atom is -0.504 e. The van der Waals surface area contributed by atoms with Gasteiger partial charge in [0, 0.05) is 23.7 Å². The number of ketones is 1. The number of sulfonamides is 1. The number of nitrogens with one attached hydrogen (secondary N) is 1. The number of pyridine rings is 1. The van der Waals surface area contributed by atoms with Crippen LogP contribution in [-0.2, 0) is 30.8 Å². The number of carbonyl (C=O) groups is 2. The van der Waals surface area contributed by atoms with Crippen LogP contribution in [0.3, 0.4) is 0 Å². The third-order valence-corrected chi connectivity index (χ3v) is 11.1. The van der Waals surface area contributed by atoms with Crippen LogP contribution < -0.4 is 4.72 Å². The van der Waals surface area contributed by atoms with Gasteiger partial charge in [-0.3, -0.25) is 14.5 Å². The Morgan fingerprint density at radius 2 is 1.77 bits per heavy atom. The highest BCUT2D eigenvalue weighted by molar-refractivity contribution is 7.94. The van der Waals surface area contributed by atoms with Gasteiger partial charge in [0.15, 0.2) is 11.9 Å². The van der Waals surface area contributed by atoms with Gasteiger partial charge < -0.3 is 9.84 Å². The molecule has 1 aliphatic carbocycles. The SMILES string of the molecule is CCC(Cc1ccccc1)C1OC(=O)C(C(c2cccc(NS(=O)(=O)c3ccc(-c4ccccn4)s3)c2)C2CC2)=C(O)C1=O. The van der Waals surface area contributed by atoms with Crippen molar-refractivity contribution in [3.8, 4) is 10.6 Å². The lowest BCUT2D eigenvalue weighted by Crippen LogP contribution is -2.42. The first-order valence-corrected chi connectivity index (χ1v) is 16.9. The Hall–Kier alpha value is -4.28. The number of thiophene rings is 1. The van der Waals surface area contributed by atoms with Crippen molar-refractivity contribution in [2.45, 2.75) is 48.8 Å². The zero-order chi connectivity index (χ0) is 30.8. The van der Waals surface area contributed by atoms with Crippen LogP contribution in [0.5, 0.6) is 0 Å². The normalized spacial score (nSPS) is 18.5. The summed E-state index contributed by atoms with van der Waals surface area (Å²) in [4.78, 5) is 32.0. The molecule has 2 N–H and O–H groups in total. The van der Waals surface area contributed by atoms with E-state index in [1.165, 1.54) is 6.07 Å². The second-order valence-corrected chi connectivity index (χ2v) is 14.2. The predicted molar refractivity (Wildman–Crippen MR) is 169 cm³/mol. The molecule has 10 heteroatoms. The Bertz CT molecular complexity index is 1810. The molecule has 0 spiro atoms. The highest BCUT2D eigenvalue weighted by atomic mass is 32.2. The maximum Gasteiger partial charge on any atom is 0.339 e. The monoisotopic (exact) mass is 628 g/mol. The first kappa shape index (κ1) is 29.8. The van der Waals surface area contributed by atoms with Crippen LogP contribution in [0, 0.1) is 11.8 Å². The smallest absolute Gasteiger partial charge is 0.339 e. The van der Waals surface area contributed by atoms with E-state index in [-0.39, 0.29) is 21.6 Å². The molecule has 226 valence electrons. The maximum absolute atomic E-state index is 13.5. The maximum atomic E-state index is 13.5. The number of anilines is 1. The molecular formula is C34H32N2O6S2. The second-order valence-electron chi connectivity index (χ2n) is 11.2. The average molecular weight is 629 g/mol. The summed E-state index contributed by atoms with van der Waals surface area (Å²) in [5.74, 6) is -2.73. The Morgan fingerprint density at radius 1 is 1.00 bits per heavy atom. The summed E-state index contributed by atoms with van der Waals surface area (Å²) in [6.07, 6.45) is 3.31. The van der Waals surface area contributed by atoms with Crippen LogP contribution >= 0.6 is 11.3 Å². The molecule has 4 aromatic rings. The molecule has 3 heterocycles. The summed E-state index contributed by atoms with van der Waals surface area (Å²) in [6, 6.07) is 25.1. The summed E-state index contributed by atoms with van der Waals surface area (Å²) >= 11 is 1.11. The number of benzene rings is 2. The standard InChI is InChI=1S/C34H32N2O6S2/c1-2-22(19-21-9-4-3-5-10-21)33-32(38)31(37)30(34(39)42-33)29(23-14-15-23)24-11-8-12-25(20-24)36-44(40,41)28-17-16-27(43-28)26-13-6-7-18-35-26/h3-13,16-18,20,22-23,29,33,36-37H,2,14-15,19H2,1H3. The van der Waals surface area contributed by atoms with E-state index in [1.807, 2.05) is 49.4 Å². The Labute approximate surface area is 260 Å². The van der Waals surface area contributed by atoms with Crippen LogP contribution in [0.1, 0.15) is 43.2 Å². The summed E-state index contributed by atoms with van der Waals surface area (Å²) < 4.78 is 35.1. The van der Waals surface area contributed by atoms with Gasteiger partial charge in [0.25, 0.3) is 10.0 Å². The van der Waals surface area contributed by atoms with Gasteiger partial charge in [-0.15, -0.1) is 11.3 Å². The highest BCUT2D eigenvalue weighted by Gasteiger charge is 2.47. The molecule has 3 atom stereocenters. The van der Waals surface area contributed by atoms with Crippen molar-refractivity contribution in [1.29, 1.82) is 0 Å². The molecule has 2 aliphatic rings. The van der Waals surface area contributed by atoms with Gasteiger partial charge >= 0.3 is 5.97 Å². The van der Waals surface area contributed by atoms with E-state index in [2.05, 4.69) is 9.71 Å². The lowest BCUT2D eigenvalue weighted by Gasteiger charge is -2.31. The van der Waals surface area contributed by atoms with E-state index in [4.69, 9.17) is 4.74 Å². The molecule has 1 fully saturated rings. The number of aliphatic hydroxyl groups excluding tert-OH is 1. The van der Waals surface area contributed by atoms with Crippen molar-refractivity contribution in [2.24, 2.45) is 11.8 Å². The fraction of sp³-hybridized carbons (Fsp3) is 0.265. The summed E-state index contributed by atoms with van der Waals surface area (Å²) in [5, 5.41) is 11.2. The van der Waals surface area contributed by atoms with Gasteiger partial charge in [0.05, 0.1) is 16.1 Å². The van der Waals surface area contributed by atoms with Gasteiger partial charge in [-0.2, -0.15) is 0 Å². The van der Waals surface area contributed by atoms with Crippen molar-refractivity contribution in [3.05, 3.63) is 114 Å². The topological polar surface area (TPSA) is 123 Å². The molecule has 6 rings (SSSR count). The summed E-state index contributed by atoms with van der Waals surface area (Å²) in [6.45, 7) is 1.93. The molecule has 8 nitrogen and oxygen atoms in total. The highest BCUT2D eigenvalue weighted by Crippen LogP contribution is 2.49. The second kappa shape index (κ2) is 12.4. The third-order valence-electron chi connectivity index (χ3n) is 8.16. The number of hydrogen-bond acceptors (Lipinski definition) is 8. The van der Waals surface area contributed by atoms with E-state index < -0.39 is 39.6 Å². The van der Waals surface area contributed by atoms with Crippen molar-refractivity contribution >= 4 is 38.8 Å². The van der Waals surface area contributed by atoms with Gasteiger partial charge in [0.2, 0.25) is 5.78 Å². The number of ether oxygens (including phenoxy) is 1. The Kier molecular flexibility index (Phi) is 8.38. The third kappa shape index (κ3) is 6.18. The zero-order valence-corrected chi connectivity index (χ0v) is 25.7. The van der Waals surface area contributed by atoms with Crippen LogP contribution in [0.25, 0.3) is 10.6 Å². The molecule has 44 heavy (non-hydrogen) atoms. The lowest BCUT2D eigenvalue weighted by molar-refractivity contribution is -0.158. The van der Waals surface area contributed by atoms with Crippen molar-refractivity contribution in [2.75, 3.05) is 4.72 Å². The van der Waals surface area contributed by atoms with Crippen LogP contribution in [-0.4, -0.2) is 36.4 Å². The number of nitrogens with zero attached hydrogens (tertiary/aromatic N) is 1. The first-order valence-electron chi connectivity index (χ1n) is 14.6. The molecule has 3 unspecified atom stereocenters. The van der Waals surface area contributed by atoms with E-state index in [1.54, 1.807) is 42.6 Å². The van der Waals surface area contributed by atoms with Crippen molar-refractivity contribution in [3.63, 3.8) is 0 Å². The molecule has 2 aromatic carbocycles. The van der Waals surface area contributed by atoms with Crippen molar-refractivity contribution in [1.82, 2.24) is 4.98 Å². The zero-order valence-electron chi connectivity index (χ0n) is 24.1. The minimum atomic E-state index is -3.91. The van der Waals surface area contributed by atoms with Crippen molar-refractivity contribution < 1.29 is 27.9 Å². The number of aliphatic hydroxyl groups is 1. The molecule has 0 radical (unpaired) electrons. The van der Waals surface area contributed by atoms with E-state index in [0.29, 0.717) is 29.8 Å². The number of cyclic esters (lactones) is 1. The first-order chi connectivity index (χ1) is 21.2. The number of Topliss-reactive ketones (excluding diaryl/α,β-unsaturated/α-hetero) is 1. The van der Waals surface area contributed by atoms with Crippen LogP contribution in [0.4, 0.5) is 5.69 Å². The number of carbonyl (C=O) groups excluding carboxylic acids is 2. The Morgan fingerprint density at radius 3 is 2.48 bits per heavy atom. The number of esters is 1. The fourth-order valence-corrected chi connectivity index (χ4v) is 8.11. The molecule has 2 aromatic heterocycles. The summed E-state index contributed by atoms with van der Waals surface area (Å²) in [5.41, 5.74) is 2.57. The molecule has 0 amide bonds. The van der Waals surface area contributed by atoms with Gasteiger partial charge in [0.1, 0.15) is 4.21 Å². The van der Waals surface area contributed by atoms with E-state index in [9.17, 15) is 23.1 Å². The van der Waals surface area contributed by atoms with Gasteiger partial charge in [-0.1, -0.05) is 55.5 Å².